The van der Waals surface area contributed by atoms with Crippen molar-refractivity contribution in [2.24, 2.45) is 5.92 Å². The van der Waals surface area contributed by atoms with Gasteiger partial charge in [-0.2, -0.15) is 8.78 Å². The number of H-pyrrole nitrogens is 1. The predicted molar refractivity (Wildman–Crippen MR) is 163 cm³/mol. The highest BCUT2D eigenvalue weighted by atomic mass is 35.5. The summed E-state index contributed by atoms with van der Waals surface area (Å²) < 4.78 is 43.0. The first-order valence-electron chi connectivity index (χ1n) is 14.8. The van der Waals surface area contributed by atoms with Crippen LogP contribution in [0.2, 0.25) is 10.0 Å². The van der Waals surface area contributed by atoms with Crippen LogP contribution in [0.25, 0.3) is 0 Å². The molecule has 1 N–H and O–H groups in total. The number of halogens is 4. The zero-order valence-electron chi connectivity index (χ0n) is 24.5. The molecule has 1 saturated carbocycles. The minimum atomic E-state index is -3.03. The number of hydrogen-bond acceptors (Lipinski definition) is 8. The van der Waals surface area contributed by atoms with Crippen molar-refractivity contribution in [3.63, 3.8) is 0 Å². The van der Waals surface area contributed by atoms with Gasteiger partial charge in [0.2, 0.25) is 5.91 Å². The number of nitrogens with zero attached hydrogens (tertiary/aromatic N) is 3. The first-order valence-corrected chi connectivity index (χ1v) is 16.6. The Morgan fingerprint density at radius 2 is 1.80 bits per heavy atom. The Morgan fingerprint density at radius 1 is 1.07 bits per heavy atom. The number of hydrogen-bond donors (Lipinski definition) is 0. The van der Waals surface area contributed by atoms with Crippen molar-refractivity contribution in [3.8, 4) is 11.5 Å². The van der Waals surface area contributed by atoms with E-state index in [1.807, 2.05) is 0 Å². The lowest BCUT2D eigenvalue weighted by atomic mass is 10.0. The number of ether oxygens (including phenoxy) is 3. The molecule has 0 unspecified atom stereocenters. The second kappa shape index (κ2) is 15.3. The molecule has 0 radical (unpaired) electrons. The van der Waals surface area contributed by atoms with E-state index in [1.165, 1.54) is 17.8 Å². The van der Waals surface area contributed by atoms with E-state index < -0.39 is 24.1 Å². The maximum atomic E-state index is 13.7. The molecule has 2 saturated heterocycles. The van der Waals surface area contributed by atoms with Gasteiger partial charge in [-0.1, -0.05) is 29.3 Å². The summed E-state index contributed by atoms with van der Waals surface area (Å²) in [6.07, 6.45) is 4.67. The maximum absolute atomic E-state index is 13.7. The van der Waals surface area contributed by atoms with Crippen molar-refractivity contribution in [1.82, 2.24) is 14.7 Å². The second-order valence-corrected chi connectivity index (χ2v) is 13.3. The number of benzene rings is 1. The molecule has 1 aromatic heterocycles. The van der Waals surface area contributed by atoms with Gasteiger partial charge in [-0.05, 0) is 43.5 Å². The summed E-state index contributed by atoms with van der Waals surface area (Å²) in [7, 11) is 2.08. The molecule has 3 aliphatic rings. The largest absolute Gasteiger partial charge is 0.489 e. The number of piperazine rings is 1. The van der Waals surface area contributed by atoms with E-state index in [9.17, 15) is 18.4 Å². The topological polar surface area (TPSA) is 85.7 Å². The molecule has 2 aromatic rings. The second-order valence-electron chi connectivity index (χ2n) is 11.3. The summed E-state index contributed by atoms with van der Waals surface area (Å²) in [5.41, 5.74) is 1.03. The van der Waals surface area contributed by atoms with Gasteiger partial charge in [0.15, 0.2) is 29.3 Å². The van der Waals surface area contributed by atoms with Gasteiger partial charge in [0.05, 0.1) is 6.61 Å². The van der Waals surface area contributed by atoms with Crippen LogP contribution in [0.3, 0.4) is 0 Å². The van der Waals surface area contributed by atoms with Gasteiger partial charge in [-0.3, -0.25) is 4.79 Å². The van der Waals surface area contributed by atoms with Crippen LogP contribution in [0, 0.1) is 5.92 Å². The monoisotopic (exact) mass is 673 g/mol. The van der Waals surface area contributed by atoms with Crippen molar-refractivity contribution in [2.45, 2.75) is 43.8 Å². The number of alkyl halides is 2. The number of likely N-dealkylation sites (N-methyl/N-ethyl adjacent to an activating group) is 1. The lowest BCUT2D eigenvalue weighted by Crippen LogP contribution is -2.46. The number of carbonyl (C=O) groups excluding carboxylic acids is 2. The molecule has 1 amide bonds. The van der Waals surface area contributed by atoms with Gasteiger partial charge >= 0.3 is 12.6 Å². The Kier molecular flexibility index (Phi) is 11.5. The van der Waals surface area contributed by atoms with E-state index in [0.717, 1.165) is 39.0 Å². The molecule has 1 aromatic carbocycles. The number of amides is 1. The molecule has 9 nitrogen and oxygen atoms in total. The number of thioether (sulfide) groups is 1. The molecular formula is C30H37Cl2F2N4O5S+. The van der Waals surface area contributed by atoms with E-state index in [0.29, 0.717) is 59.0 Å². The fourth-order valence-corrected chi connectivity index (χ4v) is 6.85. The quantitative estimate of drug-likeness (QED) is 0.286. The molecule has 240 valence electrons. The Hall–Kier alpha value is -2.38. The van der Waals surface area contributed by atoms with Crippen LogP contribution in [-0.2, 0) is 20.7 Å². The minimum absolute atomic E-state index is 0.0959. The molecule has 14 heteroatoms. The van der Waals surface area contributed by atoms with Crippen LogP contribution >= 0.6 is 35.0 Å². The highest BCUT2D eigenvalue weighted by molar-refractivity contribution is 8.00. The average Bonchev–Trinajstić information content (AvgIpc) is 3.69. The highest BCUT2D eigenvalue weighted by Gasteiger charge is 2.38. The third kappa shape index (κ3) is 8.87. The van der Waals surface area contributed by atoms with Crippen LogP contribution in [0.4, 0.5) is 8.78 Å². The average molecular weight is 675 g/mol. The first kappa shape index (κ1) is 33.0. The number of pyridine rings is 1. The molecule has 2 aliphatic heterocycles. The summed E-state index contributed by atoms with van der Waals surface area (Å²) in [5.74, 6) is 0.322. The Morgan fingerprint density at radius 3 is 2.48 bits per heavy atom. The lowest BCUT2D eigenvalue weighted by Gasteiger charge is -2.32. The zero-order chi connectivity index (χ0) is 31.2. The smallest absolute Gasteiger partial charge is 0.387 e. The van der Waals surface area contributed by atoms with Crippen LogP contribution in [0.5, 0.6) is 11.5 Å². The van der Waals surface area contributed by atoms with Crippen molar-refractivity contribution in [2.75, 3.05) is 58.7 Å². The Bertz CT molecular complexity index is 1300. The van der Waals surface area contributed by atoms with Gasteiger partial charge < -0.3 is 28.9 Å². The maximum Gasteiger partial charge on any atom is 0.387 e. The number of nitrogens with one attached hydrogen (secondary N) is 1. The molecule has 0 spiro atoms. The number of esters is 1. The van der Waals surface area contributed by atoms with Gasteiger partial charge in [0.1, 0.15) is 16.1 Å². The van der Waals surface area contributed by atoms with E-state index in [4.69, 9.17) is 37.4 Å². The van der Waals surface area contributed by atoms with Gasteiger partial charge in [-0.15, -0.1) is 11.8 Å². The summed E-state index contributed by atoms with van der Waals surface area (Å²) in [6.45, 7) is 2.14. The van der Waals surface area contributed by atoms with Crippen molar-refractivity contribution in [3.05, 3.63) is 51.8 Å². The number of aromatic nitrogens is 1. The summed E-state index contributed by atoms with van der Waals surface area (Å²) >= 11 is 14.3. The van der Waals surface area contributed by atoms with Crippen LogP contribution in [0.1, 0.15) is 36.5 Å². The summed E-state index contributed by atoms with van der Waals surface area (Å²) in [4.78, 5) is 35.9. The normalized spacial score (nSPS) is 20.1. The number of rotatable bonds is 13. The van der Waals surface area contributed by atoms with E-state index in [2.05, 4.69) is 21.8 Å². The highest BCUT2D eigenvalue weighted by Crippen LogP contribution is 2.38. The molecule has 3 heterocycles. The molecule has 0 bridgehead atoms. The molecule has 5 rings (SSSR count). The Labute approximate surface area is 270 Å². The molecular weight excluding hydrogens is 637 g/mol. The predicted octanol–water partition coefficient (Wildman–Crippen LogP) is 4.56. The van der Waals surface area contributed by atoms with Crippen LogP contribution < -0.4 is 14.5 Å². The SMILES string of the molecule is CN1CCN(CCC(=O)N2CCS[C@H]2C(=O)O[C@@H](Cc2c(Cl)c[nH+]cc2Cl)c2ccc(OC(F)F)c(OCC3CC3)c2)CC1. The van der Waals surface area contributed by atoms with Crippen LogP contribution in [-0.4, -0.2) is 97.2 Å². The Balaban J connectivity index is 1.34. The minimum Gasteiger partial charge on any atom is -0.489 e. The fourth-order valence-electron chi connectivity index (χ4n) is 5.20. The van der Waals surface area contributed by atoms with Crippen LogP contribution in [0.15, 0.2) is 30.6 Å². The lowest BCUT2D eigenvalue weighted by molar-refractivity contribution is -0.377. The first-order chi connectivity index (χ1) is 21.2. The zero-order valence-corrected chi connectivity index (χ0v) is 26.8. The van der Waals surface area contributed by atoms with E-state index in [1.54, 1.807) is 29.4 Å². The number of aromatic amines is 1. The van der Waals surface area contributed by atoms with Gasteiger partial charge in [-0.25, -0.2) is 9.78 Å². The van der Waals surface area contributed by atoms with Crippen molar-refractivity contribution >= 4 is 46.8 Å². The molecule has 1 aliphatic carbocycles. The van der Waals surface area contributed by atoms with E-state index >= 15 is 0 Å². The third-order valence-electron chi connectivity index (χ3n) is 8.02. The van der Waals surface area contributed by atoms with Crippen molar-refractivity contribution < 1.29 is 37.6 Å². The van der Waals surface area contributed by atoms with Crippen molar-refractivity contribution in [1.29, 1.82) is 0 Å². The summed E-state index contributed by atoms with van der Waals surface area (Å²) in [6, 6.07) is 4.48. The van der Waals surface area contributed by atoms with Gasteiger partial charge in [0, 0.05) is 63.4 Å². The van der Waals surface area contributed by atoms with Gasteiger partial charge in [0.25, 0.3) is 0 Å². The number of carbonyl (C=O) groups is 2. The fraction of sp³-hybridized carbons (Fsp3) is 0.567. The van der Waals surface area contributed by atoms with E-state index in [-0.39, 0.29) is 23.8 Å². The standard InChI is InChI=1S/C30H36Cl2F2N4O5S/c1-36-8-10-37(11-9-36)7-6-27(39)38-12-13-44-28(38)29(40)42-25(15-21-22(31)16-35-17-23(21)32)20-4-5-24(43-30(33)34)26(14-20)41-18-19-2-3-19/h4-5,14,16-17,19,25,28,30H,2-3,6-13,15,18H2,1H3/p+1/t25-,28-/m0/s1. The molecule has 3 fully saturated rings. The molecule has 44 heavy (non-hydrogen) atoms. The summed E-state index contributed by atoms with van der Waals surface area (Å²) in [5, 5.41) is -0.116. The molecule has 2 atom stereocenters. The third-order valence-corrected chi connectivity index (χ3v) is 9.88.